The second-order valence-electron chi connectivity index (χ2n) is 10.5. The van der Waals surface area contributed by atoms with Gasteiger partial charge in [0.15, 0.2) is 5.96 Å². The number of benzene rings is 1. The Hall–Kier alpha value is -2.16. The average Bonchev–Trinajstić information content (AvgIpc) is 2.73. The van der Waals surface area contributed by atoms with Gasteiger partial charge in [0, 0.05) is 30.7 Å². The minimum absolute atomic E-state index is 0.0191. The number of hydrogen-bond donors (Lipinski definition) is 2. The van der Waals surface area contributed by atoms with E-state index in [0.717, 1.165) is 12.8 Å². The lowest BCUT2D eigenvalue weighted by molar-refractivity contribution is -0.133. The highest BCUT2D eigenvalue weighted by Crippen LogP contribution is 2.41. The van der Waals surface area contributed by atoms with Gasteiger partial charge in [0.1, 0.15) is 0 Å². The lowest BCUT2D eigenvalue weighted by Gasteiger charge is -2.41. The molecule has 1 aromatic rings. The molecule has 0 aliphatic carbocycles. The molecule has 0 unspecified atom stereocenters. The number of nitrogens with zero attached hydrogens (tertiary/aromatic N) is 2. The van der Waals surface area contributed by atoms with Crippen molar-refractivity contribution in [3.63, 3.8) is 0 Å². The van der Waals surface area contributed by atoms with Crippen molar-refractivity contribution in [2.45, 2.75) is 83.1 Å². The van der Waals surface area contributed by atoms with Gasteiger partial charge in [-0.2, -0.15) is 0 Å². The summed E-state index contributed by atoms with van der Waals surface area (Å²) in [5, 5.41) is 3.36. The molecule has 0 aromatic heterocycles. The summed E-state index contributed by atoms with van der Waals surface area (Å²) in [6, 6.07) is 5.41. The molecule has 3 N–H and O–H groups in total. The molecule has 9 heteroatoms. The Morgan fingerprint density at radius 1 is 1.26 bits per heavy atom. The van der Waals surface area contributed by atoms with Crippen LogP contribution in [0.3, 0.4) is 0 Å². The van der Waals surface area contributed by atoms with E-state index in [0.29, 0.717) is 42.3 Å². The third-order valence-corrected chi connectivity index (χ3v) is 7.51. The Morgan fingerprint density at radius 2 is 2.03 bits per heavy atom. The number of aliphatic imine (C=N–C) groups is 1. The van der Waals surface area contributed by atoms with E-state index in [1.54, 1.807) is 11.0 Å². The molecule has 2 amide bonds. The molecule has 4 rings (SSSR count). The summed E-state index contributed by atoms with van der Waals surface area (Å²) in [4.78, 5) is 32.6. The molecule has 3 heterocycles. The van der Waals surface area contributed by atoms with Crippen LogP contribution in [0.4, 0.5) is 5.69 Å². The van der Waals surface area contributed by atoms with E-state index in [4.69, 9.17) is 31.8 Å². The summed E-state index contributed by atoms with van der Waals surface area (Å²) in [7, 11) is 0. The zero-order valence-corrected chi connectivity index (χ0v) is 21.2. The molecule has 34 heavy (non-hydrogen) atoms. The molecule has 2 fully saturated rings. The Bertz CT molecular complexity index is 997. The number of rotatable bonds is 4. The van der Waals surface area contributed by atoms with E-state index in [1.165, 1.54) is 0 Å². The van der Waals surface area contributed by atoms with E-state index >= 15 is 0 Å². The molecule has 0 saturated carbocycles. The van der Waals surface area contributed by atoms with Crippen molar-refractivity contribution >= 4 is 35.1 Å². The first-order chi connectivity index (χ1) is 16.0. The third-order valence-electron chi connectivity index (χ3n) is 7.10. The Labute approximate surface area is 206 Å². The van der Waals surface area contributed by atoms with Gasteiger partial charge in [-0.05, 0) is 59.4 Å². The van der Waals surface area contributed by atoms with Crippen molar-refractivity contribution in [1.29, 1.82) is 0 Å². The zero-order chi connectivity index (χ0) is 24.7. The fourth-order valence-electron chi connectivity index (χ4n) is 5.34. The van der Waals surface area contributed by atoms with Crippen molar-refractivity contribution in [2.75, 3.05) is 18.5 Å². The number of carbonyl (C=O) groups is 2. The first kappa shape index (κ1) is 24.9. The topological polar surface area (TPSA) is 106 Å². The van der Waals surface area contributed by atoms with E-state index in [1.807, 2.05) is 39.8 Å². The number of nitrogens with two attached hydrogens (primary N) is 1. The van der Waals surface area contributed by atoms with E-state index < -0.39 is 5.54 Å². The minimum atomic E-state index is -0.924. The summed E-state index contributed by atoms with van der Waals surface area (Å²) in [5.41, 5.74) is 6.26. The van der Waals surface area contributed by atoms with Crippen LogP contribution < -0.4 is 11.1 Å². The lowest BCUT2D eigenvalue weighted by Crippen LogP contribution is -2.56. The molecule has 8 nitrogen and oxygen atoms in total. The minimum Gasteiger partial charge on any atom is -0.378 e. The van der Waals surface area contributed by atoms with Crippen LogP contribution in [0.2, 0.25) is 5.02 Å². The van der Waals surface area contributed by atoms with Crippen LogP contribution in [-0.4, -0.2) is 53.6 Å². The van der Waals surface area contributed by atoms with Gasteiger partial charge in [0.2, 0.25) is 11.8 Å². The van der Waals surface area contributed by atoms with Gasteiger partial charge in [-0.3, -0.25) is 14.5 Å². The normalized spacial score (nSPS) is 31.7. The van der Waals surface area contributed by atoms with Gasteiger partial charge in [-0.25, -0.2) is 4.99 Å². The second kappa shape index (κ2) is 9.47. The Morgan fingerprint density at radius 3 is 2.71 bits per heavy atom. The first-order valence-electron chi connectivity index (χ1n) is 12.0. The molecule has 2 saturated heterocycles. The molecular weight excluding hydrogens is 456 g/mol. The molecule has 4 atom stereocenters. The molecular formula is C25H35ClN4O4. The van der Waals surface area contributed by atoms with Crippen molar-refractivity contribution in [2.24, 2.45) is 16.6 Å². The van der Waals surface area contributed by atoms with Gasteiger partial charge in [-0.1, -0.05) is 23.7 Å². The number of halogens is 1. The largest absolute Gasteiger partial charge is 0.378 e. The summed E-state index contributed by atoms with van der Waals surface area (Å²) >= 11 is 6.78. The van der Waals surface area contributed by atoms with Crippen LogP contribution in [0.15, 0.2) is 23.2 Å². The van der Waals surface area contributed by atoms with Crippen molar-refractivity contribution < 1.29 is 19.1 Å². The smallest absolute Gasteiger partial charge is 0.232 e. The molecule has 0 bridgehead atoms. The quantitative estimate of drug-likeness (QED) is 0.667. The van der Waals surface area contributed by atoms with E-state index in [9.17, 15) is 9.59 Å². The van der Waals surface area contributed by atoms with Gasteiger partial charge in [0.25, 0.3) is 0 Å². The number of hydrogen-bond acceptors (Lipinski definition) is 6. The first-order valence-corrected chi connectivity index (χ1v) is 12.4. The predicted octanol–water partition coefficient (Wildman–Crippen LogP) is 3.81. The van der Waals surface area contributed by atoms with E-state index in [-0.39, 0.29) is 47.9 Å². The highest BCUT2D eigenvalue weighted by atomic mass is 35.5. The summed E-state index contributed by atoms with van der Waals surface area (Å²) in [6.45, 7) is 8.99. The maximum Gasteiger partial charge on any atom is 0.232 e. The van der Waals surface area contributed by atoms with Crippen LogP contribution in [-0.2, 0) is 24.6 Å². The van der Waals surface area contributed by atoms with Crippen molar-refractivity contribution in [1.82, 2.24) is 4.90 Å². The van der Waals surface area contributed by atoms with Crippen LogP contribution in [0.1, 0.15) is 65.4 Å². The summed E-state index contributed by atoms with van der Waals surface area (Å²) < 4.78 is 11.4. The van der Waals surface area contributed by atoms with Crippen LogP contribution in [0.5, 0.6) is 0 Å². The number of guanidine groups is 1. The fourth-order valence-corrected chi connectivity index (χ4v) is 5.72. The maximum absolute atomic E-state index is 13.2. The zero-order valence-electron chi connectivity index (χ0n) is 20.4. The number of carbonyl (C=O) groups excluding carboxylic acids is 2. The van der Waals surface area contributed by atoms with Crippen molar-refractivity contribution in [3.8, 4) is 0 Å². The molecule has 0 spiro atoms. The standard InChI is InChI=1S/C25H35ClN4O4/c1-15-12-17(9-10-33-15)30-20(31)14-25(4,29-23(30)27)18-6-5-7-19(21(18)26)28-22(32)16-8-11-34-24(2,3)13-16/h5-7,15-17H,8-14H2,1-4H3,(H2,27,29)(H,28,32)/t15-,16-,17-,25+/m1/s1. The maximum atomic E-state index is 13.2. The van der Waals surface area contributed by atoms with Gasteiger partial charge in [-0.15, -0.1) is 0 Å². The monoisotopic (exact) mass is 490 g/mol. The highest BCUT2D eigenvalue weighted by molar-refractivity contribution is 6.34. The van der Waals surface area contributed by atoms with Crippen LogP contribution in [0, 0.1) is 5.92 Å². The molecule has 1 aromatic carbocycles. The van der Waals surface area contributed by atoms with Gasteiger partial charge >= 0.3 is 0 Å². The second-order valence-corrected chi connectivity index (χ2v) is 10.9. The number of nitrogens with one attached hydrogen (secondary N) is 1. The fraction of sp³-hybridized carbons (Fsp3) is 0.640. The number of amides is 2. The molecule has 3 aliphatic heterocycles. The van der Waals surface area contributed by atoms with Crippen LogP contribution in [0.25, 0.3) is 0 Å². The Balaban J connectivity index is 1.56. The van der Waals surface area contributed by atoms with Gasteiger partial charge in [0.05, 0.1) is 34.4 Å². The predicted molar refractivity (Wildman–Crippen MR) is 132 cm³/mol. The van der Waals surface area contributed by atoms with Gasteiger partial charge < -0.3 is 20.5 Å². The molecule has 3 aliphatic rings. The SMILES string of the molecule is C[C@@H]1C[C@H](N2C(=O)C[C@@](C)(c3cccc(NC(=O)[C@@H]4CCOC(C)(C)C4)c3Cl)N=C2N)CCO1. The van der Waals surface area contributed by atoms with E-state index in [2.05, 4.69) is 5.32 Å². The molecule has 0 radical (unpaired) electrons. The number of ether oxygens (including phenoxy) is 2. The van der Waals surface area contributed by atoms with Crippen molar-refractivity contribution in [3.05, 3.63) is 28.8 Å². The molecule has 186 valence electrons. The summed E-state index contributed by atoms with van der Waals surface area (Å²) in [6.07, 6.45) is 2.98. The third kappa shape index (κ3) is 5.09. The Kier molecular flexibility index (Phi) is 6.95. The highest BCUT2D eigenvalue weighted by Gasteiger charge is 2.42. The van der Waals surface area contributed by atoms with Crippen LogP contribution >= 0.6 is 11.6 Å². The summed E-state index contributed by atoms with van der Waals surface area (Å²) in [5.74, 6) is -0.112. The lowest BCUT2D eigenvalue weighted by atomic mass is 9.86. The average molecular weight is 491 g/mol. The number of anilines is 1.